The van der Waals surface area contributed by atoms with Crippen LogP contribution < -0.4 is 10.5 Å². The van der Waals surface area contributed by atoms with E-state index in [9.17, 15) is 14.0 Å². The zero-order chi connectivity index (χ0) is 23.8. The van der Waals surface area contributed by atoms with Crippen LogP contribution in [0.4, 0.5) is 4.39 Å². The van der Waals surface area contributed by atoms with Gasteiger partial charge in [0.15, 0.2) is 6.61 Å². The number of primary amides is 1. The van der Waals surface area contributed by atoms with Crippen LogP contribution in [0.15, 0.2) is 60.7 Å². The SMILES string of the molecule is CC(C)(C)OC(=O)COc1cccc2c1c1c(C(N)=O)cccc1n2Cc1cccc(F)c1. The third-order valence-corrected chi connectivity index (χ3v) is 5.14. The van der Waals surface area contributed by atoms with E-state index in [1.165, 1.54) is 12.1 Å². The van der Waals surface area contributed by atoms with Crippen molar-refractivity contribution in [2.45, 2.75) is 32.9 Å². The van der Waals surface area contributed by atoms with Gasteiger partial charge in [0.1, 0.15) is 17.2 Å². The van der Waals surface area contributed by atoms with Gasteiger partial charge in [0.05, 0.1) is 16.4 Å². The Bertz CT molecular complexity index is 1370. The molecule has 0 saturated carbocycles. The maximum atomic E-state index is 13.8. The Morgan fingerprint density at radius 2 is 1.64 bits per heavy atom. The molecule has 7 heteroatoms. The number of amides is 1. The molecule has 4 aromatic rings. The van der Waals surface area contributed by atoms with Crippen LogP contribution in [0.25, 0.3) is 21.8 Å². The molecule has 2 N–H and O–H groups in total. The molecule has 0 radical (unpaired) electrons. The second-order valence-electron chi connectivity index (χ2n) is 8.81. The van der Waals surface area contributed by atoms with E-state index in [-0.39, 0.29) is 12.4 Å². The Balaban J connectivity index is 1.87. The average molecular weight is 448 g/mol. The molecule has 0 saturated heterocycles. The molecule has 170 valence electrons. The summed E-state index contributed by atoms with van der Waals surface area (Å²) >= 11 is 0. The third-order valence-electron chi connectivity index (χ3n) is 5.14. The van der Waals surface area contributed by atoms with E-state index in [2.05, 4.69) is 0 Å². The van der Waals surface area contributed by atoms with Crippen molar-refractivity contribution in [3.05, 3.63) is 77.6 Å². The number of nitrogens with two attached hydrogens (primary N) is 1. The fraction of sp³-hybridized carbons (Fsp3) is 0.231. The molecule has 0 aliphatic rings. The van der Waals surface area contributed by atoms with Crippen molar-refractivity contribution in [3.8, 4) is 5.75 Å². The largest absolute Gasteiger partial charge is 0.481 e. The Morgan fingerprint density at radius 1 is 0.970 bits per heavy atom. The van der Waals surface area contributed by atoms with E-state index in [1.807, 2.05) is 22.8 Å². The van der Waals surface area contributed by atoms with E-state index in [4.69, 9.17) is 15.2 Å². The number of halogens is 1. The number of carbonyl (C=O) groups is 2. The van der Waals surface area contributed by atoms with Crippen molar-refractivity contribution < 1.29 is 23.5 Å². The van der Waals surface area contributed by atoms with E-state index in [0.717, 1.165) is 16.6 Å². The summed E-state index contributed by atoms with van der Waals surface area (Å²) in [5.41, 5.74) is 7.67. The van der Waals surface area contributed by atoms with Crippen molar-refractivity contribution in [1.82, 2.24) is 4.57 Å². The third kappa shape index (κ3) is 4.67. The smallest absolute Gasteiger partial charge is 0.344 e. The molecule has 6 nitrogen and oxygen atoms in total. The van der Waals surface area contributed by atoms with Gasteiger partial charge < -0.3 is 19.8 Å². The summed E-state index contributed by atoms with van der Waals surface area (Å²) in [6.07, 6.45) is 0. The number of benzene rings is 3. The van der Waals surface area contributed by atoms with Crippen molar-refractivity contribution in [2.24, 2.45) is 5.73 Å². The number of hydrogen-bond donors (Lipinski definition) is 1. The molecule has 0 unspecified atom stereocenters. The molecule has 0 aliphatic carbocycles. The first kappa shape index (κ1) is 22.3. The lowest BCUT2D eigenvalue weighted by Crippen LogP contribution is -2.27. The summed E-state index contributed by atoms with van der Waals surface area (Å²) in [6, 6.07) is 17.1. The molecule has 1 heterocycles. The quantitative estimate of drug-likeness (QED) is 0.430. The maximum absolute atomic E-state index is 13.8. The van der Waals surface area contributed by atoms with Gasteiger partial charge in [-0.15, -0.1) is 0 Å². The van der Waals surface area contributed by atoms with E-state index >= 15 is 0 Å². The lowest BCUT2D eigenvalue weighted by Gasteiger charge is -2.19. The monoisotopic (exact) mass is 448 g/mol. The summed E-state index contributed by atoms with van der Waals surface area (Å²) in [7, 11) is 0. The second kappa shape index (κ2) is 8.58. The number of rotatable bonds is 6. The number of ether oxygens (including phenoxy) is 2. The van der Waals surface area contributed by atoms with Crippen LogP contribution in [-0.2, 0) is 16.1 Å². The molecule has 33 heavy (non-hydrogen) atoms. The zero-order valence-corrected chi connectivity index (χ0v) is 18.7. The molecule has 4 rings (SSSR count). The predicted molar refractivity (Wildman–Crippen MR) is 125 cm³/mol. The fourth-order valence-electron chi connectivity index (χ4n) is 3.97. The molecule has 0 fully saturated rings. The number of nitrogens with zero attached hydrogens (tertiary/aromatic N) is 1. The number of fused-ring (bicyclic) bond motifs is 3. The molecule has 0 spiro atoms. The standard InChI is InChI=1S/C26H25FN2O4/c1-26(2,3)33-22(30)15-32-21-12-6-11-20-24(21)23-18(25(28)31)9-5-10-19(23)29(20)14-16-7-4-8-17(27)13-16/h4-13H,14-15H2,1-3H3,(H2,28,31). The first-order valence-corrected chi connectivity index (χ1v) is 10.6. The zero-order valence-electron chi connectivity index (χ0n) is 18.7. The van der Waals surface area contributed by atoms with E-state index in [1.54, 1.807) is 51.1 Å². The minimum Gasteiger partial charge on any atom is -0.481 e. The van der Waals surface area contributed by atoms with Crippen LogP contribution in [0.1, 0.15) is 36.7 Å². The number of hydrogen-bond acceptors (Lipinski definition) is 4. The van der Waals surface area contributed by atoms with Gasteiger partial charge in [-0.1, -0.05) is 24.3 Å². The molecule has 1 amide bonds. The summed E-state index contributed by atoms with van der Waals surface area (Å²) in [6.45, 7) is 5.43. The highest BCUT2D eigenvalue weighted by Crippen LogP contribution is 2.38. The van der Waals surface area contributed by atoms with Gasteiger partial charge in [-0.3, -0.25) is 4.79 Å². The van der Waals surface area contributed by atoms with Crippen LogP contribution in [0.2, 0.25) is 0 Å². The molecular weight excluding hydrogens is 423 g/mol. The Hall–Kier alpha value is -3.87. The minimum absolute atomic E-state index is 0.286. The average Bonchev–Trinajstić information content (AvgIpc) is 3.05. The minimum atomic E-state index is -0.632. The van der Waals surface area contributed by atoms with Crippen molar-refractivity contribution in [1.29, 1.82) is 0 Å². The molecule has 0 atom stereocenters. The number of aromatic nitrogens is 1. The highest BCUT2D eigenvalue weighted by molar-refractivity contribution is 6.19. The molecular formula is C26H25FN2O4. The Labute approximate surface area is 190 Å². The predicted octanol–water partition coefficient (Wildman–Crippen LogP) is 4.80. The molecule has 0 aliphatic heterocycles. The maximum Gasteiger partial charge on any atom is 0.344 e. The molecule has 1 aromatic heterocycles. The van der Waals surface area contributed by atoms with Gasteiger partial charge in [0, 0.05) is 17.5 Å². The highest BCUT2D eigenvalue weighted by atomic mass is 19.1. The number of carbonyl (C=O) groups excluding carboxylic acids is 2. The van der Waals surface area contributed by atoms with Crippen LogP contribution >= 0.6 is 0 Å². The summed E-state index contributed by atoms with van der Waals surface area (Å²) in [5.74, 6) is -0.979. The first-order chi connectivity index (χ1) is 15.6. The first-order valence-electron chi connectivity index (χ1n) is 10.6. The van der Waals surface area contributed by atoms with Crippen LogP contribution in [0, 0.1) is 5.82 Å². The van der Waals surface area contributed by atoms with Crippen LogP contribution in [0.5, 0.6) is 5.75 Å². The summed E-state index contributed by atoms with van der Waals surface area (Å²) < 4.78 is 27.0. The topological polar surface area (TPSA) is 83.6 Å². The van der Waals surface area contributed by atoms with Gasteiger partial charge in [0.25, 0.3) is 0 Å². The number of esters is 1. The summed E-state index contributed by atoms with van der Waals surface area (Å²) in [5, 5.41) is 1.28. The van der Waals surface area contributed by atoms with Gasteiger partial charge >= 0.3 is 5.97 Å². The van der Waals surface area contributed by atoms with Crippen LogP contribution in [0.3, 0.4) is 0 Å². The fourth-order valence-corrected chi connectivity index (χ4v) is 3.97. The van der Waals surface area contributed by atoms with E-state index in [0.29, 0.717) is 28.6 Å². The van der Waals surface area contributed by atoms with Crippen molar-refractivity contribution in [3.63, 3.8) is 0 Å². The summed E-state index contributed by atoms with van der Waals surface area (Å²) in [4.78, 5) is 24.5. The molecule has 0 bridgehead atoms. The normalized spacial score (nSPS) is 11.6. The van der Waals surface area contributed by atoms with Gasteiger partial charge in [-0.2, -0.15) is 0 Å². The van der Waals surface area contributed by atoms with Gasteiger partial charge in [-0.05, 0) is 62.7 Å². The Kier molecular flexibility index (Phi) is 5.80. The highest BCUT2D eigenvalue weighted by Gasteiger charge is 2.21. The second-order valence-corrected chi connectivity index (χ2v) is 8.81. The van der Waals surface area contributed by atoms with Crippen LogP contribution in [-0.4, -0.2) is 28.7 Å². The van der Waals surface area contributed by atoms with Crippen molar-refractivity contribution in [2.75, 3.05) is 6.61 Å². The molecule has 3 aromatic carbocycles. The lowest BCUT2D eigenvalue weighted by molar-refractivity contribution is -0.157. The van der Waals surface area contributed by atoms with Gasteiger partial charge in [-0.25, -0.2) is 9.18 Å². The lowest BCUT2D eigenvalue weighted by atomic mass is 10.1. The van der Waals surface area contributed by atoms with Gasteiger partial charge in [0.2, 0.25) is 5.91 Å². The Morgan fingerprint density at radius 3 is 2.30 bits per heavy atom. The van der Waals surface area contributed by atoms with E-state index < -0.39 is 17.5 Å². The van der Waals surface area contributed by atoms with Crippen molar-refractivity contribution >= 4 is 33.7 Å².